The first-order chi connectivity index (χ1) is 10.1. The Balaban J connectivity index is 2.03. The van der Waals surface area contributed by atoms with E-state index in [1.807, 2.05) is 24.3 Å². The standard InChI is InChI=1S/C17H17FN2O/c1-11-5-4-7-13(16(11)18)17(21)20-10-9-14(19)12-6-2-3-8-15(12)20/h2-8,14H,9-10,19H2,1H3. The van der Waals surface area contributed by atoms with Gasteiger partial charge in [-0.25, -0.2) is 4.39 Å². The highest BCUT2D eigenvalue weighted by atomic mass is 19.1. The van der Waals surface area contributed by atoms with E-state index in [-0.39, 0.29) is 17.5 Å². The highest BCUT2D eigenvalue weighted by Gasteiger charge is 2.28. The number of aryl methyl sites for hydroxylation is 1. The van der Waals surface area contributed by atoms with Crippen LogP contribution in [0.3, 0.4) is 0 Å². The number of hydrogen-bond donors (Lipinski definition) is 1. The molecule has 0 spiro atoms. The van der Waals surface area contributed by atoms with Crippen LogP contribution in [0.5, 0.6) is 0 Å². The molecule has 1 aliphatic rings. The van der Waals surface area contributed by atoms with Gasteiger partial charge in [-0.1, -0.05) is 30.3 Å². The number of rotatable bonds is 1. The number of carbonyl (C=O) groups is 1. The third kappa shape index (κ3) is 2.32. The molecule has 21 heavy (non-hydrogen) atoms. The number of para-hydroxylation sites is 1. The number of halogens is 1. The molecule has 4 heteroatoms. The van der Waals surface area contributed by atoms with Crippen molar-refractivity contribution in [1.29, 1.82) is 0 Å². The fourth-order valence-corrected chi connectivity index (χ4v) is 2.76. The minimum atomic E-state index is -0.449. The second kappa shape index (κ2) is 5.30. The lowest BCUT2D eigenvalue weighted by Gasteiger charge is -2.33. The van der Waals surface area contributed by atoms with Gasteiger partial charge in [0.25, 0.3) is 5.91 Å². The van der Waals surface area contributed by atoms with Gasteiger partial charge in [-0.05, 0) is 36.6 Å². The normalized spacial score (nSPS) is 17.5. The van der Waals surface area contributed by atoms with Crippen molar-refractivity contribution >= 4 is 11.6 Å². The summed E-state index contributed by atoms with van der Waals surface area (Å²) in [5.41, 5.74) is 8.39. The predicted octanol–water partition coefficient (Wildman–Crippen LogP) is 3.18. The van der Waals surface area contributed by atoms with Crippen LogP contribution < -0.4 is 10.6 Å². The highest BCUT2D eigenvalue weighted by molar-refractivity contribution is 6.07. The number of benzene rings is 2. The molecule has 3 rings (SSSR count). The molecule has 0 fully saturated rings. The van der Waals surface area contributed by atoms with Crippen molar-refractivity contribution in [3.63, 3.8) is 0 Å². The van der Waals surface area contributed by atoms with Gasteiger partial charge in [0, 0.05) is 18.3 Å². The van der Waals surface area contributed by atoms with Crippen LogP contribution in [-0.4, -0.2) is 12.5 Å². The molecule has 0 saturated heterocycles. The Morgan fingerprint density at radius 1 is 1.24 bits per heavy atom. The predicted molar refractivity (Wildman–Crippen MR) is 80.8 cm³/mol. The fourth-order valence-electron chi connectivity index (χ4n) is 2.76. The average molecular weight is 284 g/mol. The lowest BCUT2D eigenvalue weighted by molar-refractivity contribution is 0.0980. The van der Waals surface area contributed by atoms with Gasteiger partial charge in [0.15, 0.2) is 0 Å². The minimum absolute atomic E-state index is 0.0763. The summed E-state index contributed by atoms with van der Waals surface area (Å²) in [7, 11) is 0. The highest BCUT2D eigenvalue weighted by Crippen LogP contribution is 2.33. The second-order valence-corrected chi connectivity index (χ2v) is 5.35. The van der Waals surface area contributed by atoms with E-state index >= 15 is 0 Å². The van der Waals surface area contributed by atoms with Gasteiger partial charge in [-0.15, -0.1) is 0 Å². The Kier molecular flexibility index (Phi) is 3.47. The summed E-state index contributed by atoms with van der Waals surface area (Å²) in [5.74, 6) is -0.759. The van der Waals surface area contributed by atoms with Gasteiger partial charge in [0.2, 0.25) is 0 Å². The molecule has 2 N–H and O–H groups in total. The van der Waals surface area contributed by atoms with Crippen molar-refractivity contribution in [2.24, 2.45) is 5.73 Å². The molecule has 0 bridgehead atoms. The Labute approximate surface area is 123 Å². The third-order valence-electron chi connectivity index (χ3n) is 3.96. The van der Waals surface area contributed by atoms with E-state index < -0.39 is 5.82 Å². The SMILES string of the molecule is Cc1cccc(C(=O)N2CCC(N)c3ccccc32)c1F. The molecule has 0 saturated carbocycles. The number of hydrogen-bond acceptors (Lipinski definition) is 2. The van der Waals surface area contributed by atoms with Crippen molar-refractivity contribution in [2.75, 3.05) is 11.4 Å². The zero-order chi connectivity index (χ0) is 15.0. The number of carbonyl (C=O) groups excluding carboxylic acids is 1. The molecule has 1 atom stereocenters. The Morgan fingerprint density at radius 3 is 2.81 bits per heavy atom. The number of anilines is 1. The van der Waals surface area contributed by atoms with Gasteiger partial charge < -0.3 is 10.6 Å². The molecule has 1 aliphatic heterocycles. The van der Waals surface area contributed by atoms with Gasteiger partial charge in [0.1, 0.15) is 5.82 Å². The summed E-state index contributed by atoms with van der Waals surface area (Å²) >= 11 is 0. The lowest BCUT2D eigenvalue weighted by Crippen LogP contribution is -2.38. The Bertz CT molecular complexity index is 699. The quantitative estimate of drug-likeness (QED) is 0.874. The molecule has 2 aromatic rings. The molecule has 1 unspecified atom stereocenters. The van der Waals surface area contributed by atoms with E-state index in [0.717, 1.165) is 11.3 Å². The van der Waals surface area contributed by atoms with Crippen LogP contribution in [0.15, 0.2) is 42.5 Å². The zero-order valence-corrected chi connectivity index (χ0v) is 11.8. The van der Waals surface area contributed by atoms with Gasteiger partial charge in [-0.2, -0.15) is 0 Å². The van der Waals surface area contributed by atoms with E-state index in [4.69, 9.17) is 5.73 Å². The summed E-state index contributed by atoms with van der Waals surface area (Å²) in [6.07, 6.45) is 0.677. The van der Waals surface area contributed by atoms with E-state index in [9.17, 15) is 9.18 Å². The van der Waals surface area contributed by atoms with Crippen molar-refractivity contribution in [2.45, 2.75) is 19.4 Å². The number of nitrogens with zero attached hydrogens (tertiary/aromatic N) is 1. The van der Waals surface area contributed by atoms with Crippen LogP contribution >= 0.6 is 0 Å². The van der Waals surface area contributed by atoms with E-state index in [1.165, 1.54) is 6.07 Å². The number of nitrogens with two attached hydrogens (primary N) is 1. The first-order valence-corrected chi connectivity index (χ1v) is 7.01. The smallest absolute Gasteiger partial charge is 0.261 e. The summed E-state index contributed by atoms with van der Waals surface area (Å²) < 4.78 is 14.2. The summed E-state index contributed by atoms with van der Waals surface area (Å²) in [6, 6.07) is 12.4. The largest absolute Gasteiger partial charge is 0.324 e. The Morgan fingerprint density at radius 2 is 2.00 bits per heavy atom. The maximum Gasteiger partial charge on any atom is 0.261 e. The van der Waals surface area contributed by atoms with E-state index in [1.54, 1.807) is 24.0 Å². The van der Waals surface area contributed by atoms with Crippen LogP contribution in [0.1, 0.15) is 33.9 Å². The van der Waals surface area contributed by atoms with Gasteiger partial charge in [0.05, 0.1) is 5.56 Å². The molecule has 108 valence electrons. The molecule has 0 aromatic heterocycles. The molecule has 0 radical (unpaired) electrons. The van der Waals surface area contributed by atoms with E-state index in [0.29, 0.717) is 18.5 Å². The van der Waals surface area contributed by atoms with Gasteiger partial charge in [-0.3, -0.25) is 4.79 Å². The average Bonchev–Trinajstić information content (AvgIpc) is 2.50. The maximum absolute atomic E-state index is 14.2. The lowest BCUT2D eigenvalue weighted by atomic mass is 9.96. The number of fused-ring (bicyclic) bond motifs is 1. The third-order valence-corrected chi connectivity index (χ3v) is 3.96. The summed E-state index contributed by atoms with van der Waals surface area (Å²) in [6.45, 7) is 2.16. The molecule has 3 nitrogen and oxygen atoms in total. The summed E-state index contributed by atoms with van der Waals surface area (Å²) in [4.78, 5) is 14.3. The van der Waals surface area contributed by atoms with Crippen molar-refractivity contribution < 1.29 is 9.18 Å². The van der Waals surface area contributed by atoms with Gasteiger partial charge >= 0.3 is 0 Å². The molecule has 0 aliphatic carbocycles. The zero-order valence-electron chi connectivity index (χ0n) is 11.8. The number of amides is 1. The van der Waals surface area contributed by atoms with Crippen molar-refractivity contribution in [3.8, 4) is 0 Å². The van der Waals surface area contributed by atoms with Crippen LogP contribution in [0.4, 0.5) is 10.1 Å². The molecule has 1 heterocycles. The van der Waals surface area contributed by atoms with Crippen LogP contribution in [0.25, 0.3) is 0 Å². The first-order valence-electron chi connectivity index (χ1n) is 7.01. The van der Waals surface area contributed by atoms with Crippen molar-refractivity contribution in [1.82, 2.24) is 0 Å². The molecular formula is C17H17FN2O. The van der Waals surface area contributed by atoms with Crippen LogP contribution in [0.2, 0.25) is 0 Å². The monoisotopic (exact) mass is 284 g/mol. The maximum atomic E-state index is 14.2. The second-order valence-electron chi connectivity index (χ2n) is 5.35. The summed E-state index contributed by atoms with van der Waals surface area (Å²) in [5, 5.41) is 0. The Hall–Kier alpha value is -2.20. The molecular weight excluding hydrogens is 267 g/mol. The van der Waals surface area contributed by atoms with E-state index in [2.05, 4.69) is 0 Å². The fraction of sp³-hybridized carbons (Fsp3) is 0.235. The first kappa shape index (κ1) is 13.8. The minimum Gasteiger partial charge on any atom is -0.324 e. The van der Waals surface area contributed by atoms with Crippen LogP contribution in [0, 0.1) is 12.7 Å². The van der Waals surface area contributed by atoms with Crippen LogP contribution in [-0.2, 0) is 0 Å². The van der Waals surface area contributed by atoms with Crippen molar-refractivity contribution in [3.05, 3.63) is 65.0 Å². The molecule has 2 aromatic carbocycles. The molecule has 1 amide bonds. The topological polar surface area (TPSA) is 46.3 Å².